The Balaban J connectivity index is 2.55. The summed E-state index contributed by atoms with van der Waals surface area (Å²) in [7, 11) is 0. The van der Waals surface area contributed by atoms with Crippen LogP contribution in [-0.4, -0.2) is 24.3 Å². The number of terminal acetylenes is 1. The number of nitrogens with zero attached hydrogens (tertiary/aromatic N) is 2. The molecule has 2 aromatic carbocycles. The van der Waals surface area contributed by atoms with Crippen molar-refractivity contribution in [2.24, 2.45) is 5.10 Å². The lowest BCUT2D eigenvalue weighted by molar-refractivity contribution is -0.162. The van der Waals surface area contributed by atoms with Gasteiger partial charge in [0.1, 0.15) is 17.7 Å². The van der Waals surface area contributed by atoms with E-state index >= 15 is 0 Å². The van der Waals surface area contributed by atoms with Crippen molar-refractivity contribution in [2.45, 2.75) is 19.2 Å². The van der Waals surface area contributed by atoms with Crippen molar-refractivity contribution in [3.8, 4) is 18.1 Å². The molecule has 28 heavy (non-hydrogen) atoms. The first-order chi connectivity index (χ1) is 13.1. The van der Waals surface area contributed by atoms with E-state index in [2.05, 4.69) is 11.0 Å². The third-order valence-electron chi connectivity index (χ3n) is 3.34. The smallest absolute Gasteiger partial charge is 0.455 e. The number of hydrogen-bond acceptors (Lipinski definition) is 4. The summed E-state index contributed by atoms with van der Waals surface area (Å²) in [5, 5.41) is 4.25. The van der Waals surface area contributed by atoms with E-state index in [1.165, 1.54) is 12.1 Å². The molecule has 0 saturated carbocycles. The Hall–Kier alpha value is -3.05. The average molecular weight is 413 g/mol. The third-order valence-corrected chi connectivity index (χ3v) is 3.63. The van der Waals surface area contributed by atoms with Crippen LogP contribution in [0.15, 0.2) is 47.6 Å². The van der Waals surface area contributed by atoms with E-state index in [-0.39, 0.29) is 28.4 Å². The molecule has 0 N–H and O–H groups in total. The van der Waals surface area contributed by atoms with Crippen LogP contribution in [0, 0.1) is 18.2 Å². The Morgan fingerprint density at radius 1 is 1.32 bits per heavy atom. The maximum Gasteiger partial charge on any atom is 0.455 e. The summed E-state index contributed by atoms with van der Waals surface area (Å²) in [6.45, 7) is 1.55. The summed E-state index contributed by atoms with van der Waals surface area (Å²) in [5.41, 5.74) is -0.0908. The molecular weight excluding hydrogens is 400 g/mol. The van der Waals surface area contributed by atoms with Crippen LogP contribution in [0.1, 0.15) is 6.92 Å². The molecule has 9 heteroatoms. The van der Waals surface area contributed by atoms with Gasteiger partial charge in [0.2, 0.25) is 0 Å². The molecule has 0 radical (unpaired) electrons. The van der Waals surface area contributed by atoms with Crippen molar-refractivity contribution < 1.29 is 27.1 Å². The van der Waals surface area contributed by atoms with Gasteiger partial charge >= 0.3 is 6.18 Å². The van der Waals surface area contributed by atoms with Crippen LogP contribution >= 0.6 is 11.6 Å². The molecule has 0 amide bonds. The largest absolute Gasteiger partial charge is 0.476 e. The summed E-state index contributed by atoms with van der Waals surface area (Å²) < 4.78 is 57.4. The highest BCUT2D eigenvalue weighted by Crippen LogP contribution is 2.36. The number of hydrazone groups is 1. The molecule has 0 spiro atoms. The van der Waals surface area contributed by atoms with Gasteiger partial charge in [-0.1, -0.05) is 35.7 Å². The maximum atomic E-state index is 14.5. The minimum absolute atomic E-state index is 0.00166. The second-order valence-electron chi connectivity index (χ2n) is 5.41. The Morgan fingerprint density at radius 2 is 1.96 bits per heavy atom. The van der Waals surface area contributed by atoms with E-state index in [0.29, 0.717) is 0 Å². The lowest BCUT2D eigenvalue weighted by atomic mass is 10.2. The van der Waals surface area contributed by atoms with Crippen LogP contribution in [0.25, 0.3) is 0 Å². The number of benzene rings is 2. The van der Waals surface area contributed by atoms with Gasteiger partial charge in [-0.25, -0.2) is 9.40 Å². The van der Waals surface area contributed by atoms with E-state index < -0.39 is 23.9 Å². The molecule has 2 rings (SSSR count). The van der Waals surface area contributed by atoms with E-state index in [1.807, 2.05) is 0 Å². The van der Waals surface area contributed by atoms with Gasteiger partial charge in [-0.15, -0.1) is 6.42 Å². The van der Waals surface area contributed by atoms with Crippen molar-refractivity contribution in [3.05, 3.63) is 53.3 Å². The highest BCUT2D eigenvalue weighted by Gasteiger charge is 2.37. The number of carbonyl (C=O) groups excluding carboxylic acids is 1. The first-order valence-electron chi connectivity index (χ1n) is 7.75. The topological polar surface area (TPSA) is 41.9 Å². The molecular formula is C19H13ClF4N2O2. The minimum atomic E-state index is -5.11. The van der Waals surface area contributed by atoms with Crippen molar-refractivity contribution >= 4 is 35.0 Å². The third kappa shape index (κ3) is 5.24. The number of carbonyl (C=O) groups is 1. The first kappa shape index (κ1) is 21.3. The number of halogens is 5. The highest BCUT2D eigenvalue weighted by atomic mass is 35.5. The van der Waals surface area contributed by atoms with Gasteiger partial charge < -0.3 is 4.74 Å². The Bertz CT molecular complexity index is 924. The van der Waals surface area contributed by atoms with Crippen molar-refractivity contribution in [2.75, 3.05) is 5.01 Å². The van der Waals surface area contributed by atoms with Crippen molar-refractivity contribution in [1.82, 2.24) is 0 Å². The predicted molar refractivity (Wildman–Crippen MR) is 98.5 cm³/mol. The quantitative estimate of drug-likeness (QED) is 0.286. The monoisotopic (exact) mass is 412 g/mol. The molecule has 0 aliphatic carbocycles. The number of alkyl halides is 3. The zero-order valence-electron chi connectivity index (χ0n) is 14.4. The summed E-state index contributed by atoms with van der Waals surface area (Å²) >= 11 is 5.95. The summed E-state index contributed by atoms with van der Waals surface area (Å²) in [6.07, 6.45) is -0.507. The van der Waals surface area contributed by atoms with Crippen LogP contribution in [0.4, 0.5) is 28.9 Å². The van der Waals surface area contributed by atoms with E-state index in [0.717, 1.165) is 17.1 Å². The van der Waals surface area contributed by atoms with E-state index in [1.54, 1.807) is 25.1 Å². The highest BCUT2D eigenvalue weighted by molar-refractivity contribution is 6.32. The molecule has 0 aliphatic rings. The van der Waals surface area contributed by atoms with Gasteiger partial charge in [-0.05, 0) is 25.1 Å². The Labute approximate surface area is 163 Å². The molecule has 0 heterocycles. The molecule has 0 aliphatic heterocycles. The van der Waals surface area contributed by atoms with Crippen molar-refractivity contribution in [3.63, 3.8) is 0 Å². The van der Waals surface area contributed by atoms with Crippen molar-refractivity contribution in [1.29, 1.82) is 0 Å². The number of para-hydroxylation sites is 1. The lowest BCUT2D eigenvalue weighted by Crippen LogP contribution is -2.25. The fourth-order valence-corrected chi connectivity index (χ4v) is 2.21. The first-order valence-corrected chi connectivity index (χ1v) is 8.13. The van der Waals surface area contributed by atoms with Gasteiger partial charge in [0.25, 0.3) is 5.78 Å². The number of hydrogen-bond donors (Lipinski definition) is 0. The number of anilines is 2. The predicted octanol–water partition coefficient (Wildman–Crippen LogP) is 5.13. The summed E-state index contributed by atoms with van der Waals surface area (Å²) in [4.78, 5) is 11.2. The van der Waals surface area contributed by atoms with Gasteiger partial charge in [0.05, 0.1) is 10.7 Å². The van der Waals surface area contributed by atoms with Crippen LogP contribution in [0.5, 0.6) is 5.75 Å². The molecule has 0 aromatic heterocycles. The van der Waals surface area contributed by atoms with Crippen LogP contribution in [0.3, 0.4) is 0 Å². The second kappa shape index (κ2) is 8.76. The summed E-state index contributed by atoms with van der Waals surface area (Å²) in [6, 6.07) is 9.75. The van der Waals surface area contributed by atoms with Gasteiger partial charge in [0, 0.05) is 6.07 Å². The van der Waals surface area contributed by atoms with Gasteiger partial charge in [-0.3, -0.25) is 4.79 Å². The van der Waals surface area contributed by atoms with Crippen LogP contribution in [0.2, 0.25) is 5.02 Å². The lowest BCUT2D eigenvalue weighted by Gasteiger charge is -2.21. The molecule has 0 saturated heterocycles. The molecule has 2 aromatic rings. The van der Waals surface area contributed by atoms with Gasteiger partial charge in [-0.2, -0.15) is 18.3 Å². The normalized spacial score (nSPS) is 12.5. The van der Waals surface area contributed by atoms with E-state index in [9.17, 15) is 22.4 Å². The molecule has 146 valence electrons. The van der Waals surface area contributed by atoms with E-state index in [4.69, 9.17) is 22.8 Å². The zero-order chi connectivity index (χ0) is 20.9. The number of ketones is 1. The fourth-order valence-electron chi connectivity index (χ4n) is 2.02. The number of Topliss-reactive ketones (excluding diaryl/α,β-unsaturated/α-hetero) is 1. The SMILES string of the molecule is C#CC(C)Oc1cc(N(N=CC(=O)C(F)(F)F)c2ccccc2)c(F)cc1Cl. The molecule has 4 nitrogen and oxygen atoms in total. The molecule has 1 atom stereocenters. The minimum Gasteiger partial charge on any atom is -0.476 e. The molecule has 1 unspecified atom stereocenters. The number of ether oxygens (including phenoxy) is 1. The zero-order valence-corrected chi connectivity index (χ0v) is 15.1. The molecule has 0 bridgehead atoms. The second-order valence-corrected chi connectivity index (χ2v) is 5.82. The van der Waals surface area contributed by atoms with Crippen LogP contribution < -0.4 is 9.75 Å². The maximum absolute atomic E-state index is 14.5. The van der Waals surface area contributed by atoms with Crippen LogP contribution in [-0.2, 0) is 4.79 Å². The molecule has 0 fully saturated rings. The fraction of sp³-hybridized carbons (Fsp3) is 0.158. The standard InChI is InChI=1S/C19H13ClF4N2O2/c1-3-12(2)28-17-10-16(15(21)9-14(17)20)26(13-7-5-4-6-8-13)25-11-18(27)19(22,23)24/h1,4-12H,2H3. The Morgan fingerprint density at radius 3 is 2.54 bits per heavy atom. The van der Waals surface area contributed by atoms with Gasteiger partial charge in [0.15, 0.2) is 11.9 Å². The summed E-state index contributed by atoms with van der Waals surface area (Å²) in [5.74, 6) is -0.785. The number of rotatable bonds is 6. The average Bonchev–Trinajstić information content (AvgIpc) is 2.64. The Kier molecular flexibility index (Phi) is 6.65.